The van der Waals surface area contributed by atoms with E-state index in [0.29, 0.717) is 45.9 Å². The number of carboxylic acid groups (broad SMARTS) is 1. The molecule has 2 saturated heterocycles. The zero-order valence-corrected chi connectivity index (χ0v) is 12.5. The third-order valence-corrected chi connectivity index (χ3v) is 4.20. The molecule has 2 fully saturated rings. The van der Waals surface area contributed by atoms with Crippen LogP contribution in [0.4, 0.5) is 0 Å². The van der Waals surface area contributed by atoms with Crippen LogP contribution < -0.4 is 0 Å². The van der Waals surface area contributed by atoms with E-state index < -0.39 is 11.9 Å². The Hall–Kier alpha value is -1.18. The monoisotopic (exact) mass is 300 g/mol. The summed E-state index contributed by atoms with van der Waals surface area (Å²) in [7, 11) is 1.90. The standard InChI is InChI=1S/C14H24N2O5/c1-15(12-10-21-9-11(12)14(18)19)4-2-3-13(17)16-5-7-20-8-6-16/h11-12H,2-10H2,1H3,(H,18,19). The number of hydrogen-bond acceptors (Lipinski definition) is 5. The predicted octanol–water partition coefficient (Wildman–Crippen LogP) is -0.343. The van der Waals surface area contributed by atoms with E-state index in [1.54, 1.807) is 0 Å². The van der Waals surface area contributed by atoms with Crippen molar-refractivity contribution >= 4 is 11.9 Å². The molecule has 2 aliphatic heterocycles. The van der Waals surface area contributed by atoms with Gasteiger partial charge in [0.25, 0.3) is 0 Å². The van der Waals surface area contributed by atoms with Crippen molar-refractivity contribution in [1.82, 2.24) is 9.80 Å². The first-order chi connectivity index (χ1) is 10.1. The fraction of sp³-hybridized carbons (Fsp3) is 0.857. The van der Waals surface area contributed by atoms with E-state index in [2.05, 4.69) is 0 Å². The molecule has 21 heavy (non-hydrogen) atoms. The largest absolute Gasteiger partial charge is 0.481 e. The van der Waals surface area contributed by atoms with E-state index in [0.717, 1.165) is 6.42 Å². The molecule has 0 saturated carbocycles. The number of carboxylic acids is 1. The predicted molar refractivity (Wildman–Crippen MR) is 75.0 cm³/mol. The molecule has 1 amide bonds. The summed E-state index contributed by atoms with van der Waals surface area (Å²) in [4.78, 5) is 27.0. The van der Waals surface area contributed by atoms with Crippen molar-refractivity contribution in [2.24, 2.45) is 5.92 Å². The number of hydrogen-bond donors (Lipinski definition) is 1. The number of ether oxygens (including phenoxy) is 2. The summed E-state index contributed by atoms with van der Waals surface area (Å²) in [5.41, 5.74) is 0. The zero-order chi connectivity index (χ0) is 15.2. The van der Waals surface area contributed by atoms with Gasteiger partial charge in [-0.1, -0.05) is 0 Å². The molecule has 0 radical (unpaired) electrons. The number of nitrogens with zero attached hydrogens (tertiary/aromatic N) is 2. The highest BCUT2D eigenvalue weighted by molar-refractivity contribution is 5.76. The van der Waals surface area contributed by atoms with Gasteiger partial charge in [0.1, 0.15) is 0 Å². The lowest BCUT2D eigenvalue weighted by Crippen LogP contribution is -2.42. The molecule has 2 heterocycles. The number of rotatable bonds is 6. The second-order valence-electron chi connectivity index (χ2n) is 5.63. The molecule has 0 aliphatic carbocycles. The van der Waals surface area contributed by atoms with Crippen LogP contribution in [0.1, 0.15) is 12.8 Å². The van der Waals surface area contributed by atoms with Crippen LogP contribution in [0.5, 0.6) is 0 Å². The summed E-state index contributed by atoms with van der Waals surface area (Å²) in [6.45, 7) is 4.00. The first-order valence-electron chi connectivity index (χ1n) is 7.46. The molecule has 7 nitrogen and oxygen atoms in total. The molecule has 0 spiro atoms. The van der Waals surface area contributed by atoms with E-state index in [9.17, 15) is 9.59 Å². The summed E-state index contributed by atoms with van der Waals surface area (Å²) < 4.78 is 10.5. The maximum Gasteiger partial charge on any atom is 0.310 e. The lowest BCUT2D eigenvalue weighted by Gasteiger charge is -2.28. The zero-order valence-electron chi connectivity index (χ0n) is 12.5. The van der Waals surface area contributed by atoms with E-state index in [-0.39, 0.29) is 18.6 Å². The van der Waals surface area contributed by atoms with Crippen molar-refractivity contribution in [2.45, 2.75) is 18.9 Å². The Labute approximate surface area is 124 Å². The number of aliphatic carboxylic acids is 1. The minimum Gasteiger partial charge on any atom is -0.481 e. The Morgan fingerprint density at radius 1 is 1.24 bits per heavy atom. The molecule has 2 aliphatic rings. The summed E-state index contributed by atoms with van der Waals surface area (Å²) in [6, 6.07) is -0.0963. The van der Waals surface area contributed by atoms with Crippen molar-refractivity contribution in [3.05, 3.63) is 0 Å². The lowest BCUT2D eigenvalue weighted by atomic mass is 10.0. The molecule has 2 rings (SSSR count). The van der Waals surface area contributed by atoms with Crippen LogP contribution in [0.25, 0.3) is 0 Å². The van der Waals surface area contributed by atoms with Crippen LogP contribution >= 0.6 is 0 Å². The second kappa shape index (κ2) is 7.72. The van der Waals surface area contributed by atoms with Crippen molar-refractivity contribution in [2.75, 3.05) is 53.1 Å². The van der Waals surface area contributed by atoms with Crippen LogP contribution in [-0.4, -0.2) is 85.9 Å². The fourth-order valence-electron chi connectivity index (χ4n) is 2.83. The van der Waals surface area contributed by atoms with Crippen molar-refractivity contribution in [3.63, 3.8) is 0 Å². The molecule has 120 valence electrons. The highest BCUT2D eigenvalue weighted by atomic mass is 16.5. The summed E-state index contributed by atoms with van der Waals surface area (Å²) in [5, 5.41) is 9.14. The highest BCUT2D eigenvalue weighted by Crippen LogP contribution is 2.19. The Balaban J connectivity index is 1.70. The maximum absolute atomic E-state index is 12.0. The Bertz CT molecular complexity index is 370. The second-order valence-corrected chi connectivity index (χ2v) is 5.63. The van der Waals surface area contributed by atoms with Crippen LogP contribution in [0.2, 0.25) is 0 Å². The number of amides is 1. The van der Waals surface area contributed by atoms with Gasteiger partial charge in [0.15, 0.2) is 0 Å². The highest BCUT2D eigenvalue weighted by Gasteiger charge is 2.36. The van der Waals surface area contributed by atoms with Crippen LogP contribution in [0.3, 0.4) is 0 Å². The summed E-state index contributed by atoms with van der Waals surface area (Å²) in [6.07, 6.45) is 1.23. The van der Waals surface area contributed by atoms with Crippen molar-refractivity contribution in [3.8, 4) is 0 Å². The minimum atomic E-state index is -0.811. The maximum atomic E-state index is 12.0. The van der Waals surface area contributed by atoms with Gasteiger partial charge >= 0.3 is 5.97 Å². The number of morpholine rings is 1. The molecule has 1 N–H and O–H groups in total. The average Bonchev–Trinajstić information content (AvgIpc) is 2.97. The number of carbonyl (C=O) groups excluding carboxylic acids is 1. The summed E-state index contributed by atoms with van der Waals surface area (Å²) >= 11 is 0. The van der Waals surface area contributed by atoms with Gasteiger partial charge in [-0.3, -0.25) is 9.59 Å². The molecule has 7 heteroatoms. The normalized spacial score (nSPS) is 26.3. The van der Waals surface area contributed by atoms with Gasteiger partial charge in [-0.15, -0.1) is 0 Å². The van der Waals surface area contributed by atoms with Gasteiger partial charge < -0.3 is 24.4 Å². The molecule has 0 bridgehead atoms. The van der Waals surface area contributed by atoms with E-state index in [1.165, 1.54) is 0 Å². The molecular formula is C14H24N2O5. The molecule has 0 aromatic carbocycles. The third-order valence-electron chi connectivity index (χ3n) is 4.20. The SMILES string of the molecule is CN(CCCC(=O)N1CCOCC1)C1COCC1C(=O)O. The van der Waals surface area contributed by atoms with Crippen LogP contribution in [-0.2, 0) is 19.1 Å². The van der Waals surface area contributed by atoms with Gasteiger partial charge in [-0.2, -0.15) is 0 Å². The quantitative estimate of drug-likeness (QED) is 0.723. The molecule has 0 aromatic heterocycles. The Kier molecular flexibility index (Phi) is 5.96. The van der Waals surface area contributed by atoms with Gasteiger partial charge in [-0.25, -0.2) is 0 Å². The molecule has 2 atom stereocenters. The lowest BCUT2D eigenvalue weighted by molar-refractivity contribution is -0.143. The Morgan fingerprint density at radius 2 is 1.95 bits per heavy atom. The van der Waals surface area contributed by atoms with E-state index in [4.69, 9.17) is 14.6 Å². The molecular weight excluding hydrogens is 276 g/mol. The van der Waals surface area contributed by atoms with E-state index in [1.807, 2.05) is 16.8 Å². The van der Waals surface area contributed by atoms with Crippen LogP contribution in [0.15, 0.2) is 0 Å². The molecule has 2 unspecified atom stereocenters. The average molecular weight is 300 g/mol. The van der Waals surface area contributed by atoms with Gasteiger partial charge in [0.05, 0.1) is 32.3 Å². The smallest absolute Gasteiger partial charge is 0.310 e. The van der Waals surface area contributed by atoms with Crippen LogP contribution in [0, 0.1) is 5.92 Å². The van der Waals surface area contributed by atoms with Gasteiger partial charge in [0, 0.05) is 25.6 Å². The van der Waals surface area contributed by atoms with Gasteiger partial charge in [-0.05, 0) is 20.0 Å². The third kappa shape index (κ3) is 4.39. The fourth-order valence-corrected chi connectivity index (χ4v) is 2.83. The first-order valence-corrected chi connectivity index (χ1v) is 7.46. The Morgan fingerprint density at radius 3 is 2.62 bits per heavy atom. The first kappa shape index (κ1) is 16.2. The molecule has 0 aromatic rings. The van der Waals surface area contributed by atoms with Crippen molar-refractivity contribution in [1.29, 1.82) is 0 Å². The minimum absolute atomic E-state index is 0.0963. The number of likely N-dealkylation sites (N-methyl/N-ethyl adjacent to an activating group) is 1. The topological polar surface area (TPSA) is 79.3 Å². The van der Waals surface area contributed by atoms with E-state index >= 15 is 0 Å². The number of carbonyl (C=O) groups is 2. The van der Waals surface area contributed by atoms with Gasteiger partial charge in [0.2, 0.25) is 5.91 Å². The summed E-state index contributed by atoms with van der Waals surface area (Å²) in [5.74, 6) is -1.12. The van der Waals surface area contributed by atoms with Crippen molar-refractivity contribution < 1.29 is 24.2 Å².